The van der Waals surface area contributed by atoms with Crippen molar-refractivity contribution in [1.82, 2.24) is 9.80 Å². The highest BCUT2D eigenvalue weighted by Gasteiger charge is 2.35. The fourth-order valence-corrected chi connectivity index (χ4v) is 3.78. The maximum absolute atomic E-state index is 12.3. The molecule has 1 atom stereocenters. The zero-order chi connectivity index (χ0) is 16.9. The van der Waals surface area contributed by atoms with E-state index in [-0.39, 0.29) is 17.7 Å². The standard InChI is InChI=1S/C18H24N2O3S/c21-16(14-4-2-1-3-5-14)12-24-13-17(22)19-8-10-20(11-9-19)18(23)15-6-7-15/h1-5,15-16,21H,6-13H2. The molecule has 0 radical (unpaired) electrons. The van der Waals surface area contributed by atoms with Crippen molar-refractivity contribution in [2.75, 3.05) is 37.7 Å². The predicted molar refractivity (Wildman–Crippen MR) is 94.6 cm³/mol. The van der Waals surface area contributed by atoms with Crippen LogP contribution in [0.3, 0.4) is 0 Å². The van der Waals surface area contributed by atoms with Crippen LogP contribution in [-0.2, 0) is 9.59 Å². The maximum atomic E-state index is 12.3. The molecule has 3 rings (SSSR count). The number of hydrogen-bond donors (Lipinski definition) is 1. The monoisotopic (exact) mass is 348 g/mol. The molecule has 1 aliphatic heterocycles. The van der Waals surface area contributed by atoms with Gasteiger partial charge in [-0.05, 0) is 18.4 Å². The molecule has 0 spiro atoms. The average Bonchev–Trinajstić information content (AvgIpc) is 3.47. The molecule has 0 bridgehead atoms. The van der Waals surface area contributed by atoms with Crippen molar-refractivity contribution in [3.63, 3.8) is 0 Å². The molecule has 1 aromatic carbocycles. The summed E-state index contributed by atoms with van der Waals surface area (Å²) in [5.41, 5.74) is 0.879. The highest BCUT2D eigenvalue weighted by atomic mass is 32.2. The van der Waals surface area contributed by atoms with Gasteiger partial charge in [-0.1, -0.05) is 30.3 Å². The summed E-state index contributed by atoms with van der Waals surface area (Å²) >= 11 is 1.46. The summed E-state index contributed by atoms with van der Waals surface area (Å²) in [7, 11) is 0. The number of carbonyl (C=O) groups is 2. The van der Waals surface area contributed by atoms with E-state index >= 15 is 0 Å². The van der Waals surface area contributed by atoms with E-state index in [4.69, 9.17) is 0 Å². The molecular weight excluding hydrogens is 324 g/mol. The molecule has 6 heteroatoms. The van der Waals surface area contributed by atoms with Crippen molar-refractivity contribution >= 4 is 23.6 Å². The summed E-state index contributed by atoms with van der Waals surface area (Å²) < 4.78 is 0. The Bertz CT molecular complexity index is 569. The molecule has 1 aromatic rings. The van der Waals surface area contributed by atoms with Gasteiger partial charge in [0.15, 0.2) is 0 Å². The van der Waals surface area contributed by atoms with E-state index in [1.54, 1.807) is 0 Å². The number of thioether (sulfide) groups is 1. The number of piperazine rings is 1. The van der Waals surface area contributed by atoms with Gasteiger partial charge < -0.3 is 14.9 Å². The van der Waals surface area contributed by atoms with Crippen LogP contribution in [0.2, 0.25) is 0 Å². The van der Waals surface area contributed by atoms with Crippen molar-refractivity contribution in [1.29, 1.82) is 0 Å². The van der Waals surface area contributed by atoms with Gasteiger partial charge in [-0.25, -0.2) is 0 Å². The first-order chi connectivity index (χ1) is 11.6. The Morgan fingerprint density at radius 2 is 1.71 bits per heavy atom. The van der Waals surface area contributed by atoms with E-state index in [0.717, 1.165) is 18.4 Å². The van der Waals surface area contributed by atoms with Crippen LogP contribution in [-0.4, -0.2) is 64.4 Å². The van der Waals surface area contributed by atoms with Crippen LogP contribution in [0.1, 0.15) is 24.5 Å². The van der Waals surface area contributed by atoms with Crippen LogP contribution in [0, 0.1) is 5.92 Å². The smallest absolute Gasteiger partial charge is 0.232 e. The Labute approximate surface area is 147 Å². The van der Waals surface area contributed by atoms with Crippen LogP contribution in [0.15, 0.2) is 30.3 Å². The Balaban J connectivity index is 1.36. The van der Waals surface area contributed by atoms with E-state index in [1.807, 2.05) is 40.1 Å². The van der Waals surface area contributed by atoms with Crippen LogP contribution >= 0.6 is 11.8 Å². The topological polar surface area (TPSA) is 60.9 Å². The van der Waals surface area contributed by atoms with Gasteiger partial charge in [-0.15, -0.1) is 11.8 Å². The summed E-state index contributed by atoms with van der Waals surface area (Å²) in [6, 6.07) is 9.50. The number of nitrogens with zero attached hydrogens (tertiary/aromatic N) is 2. The van der Waals surface area contributed by atoms with Gasteiger partial charge in [-0.3, -0.25) is 9.59 Å². The Morgan fingerprint density at radius 1 is 1.08 bits per heavy atom. The number of carbonyl (C=O) groups excluding carboxylic acids is 2. The van der Waals surface area contributed by atoms with Crippen molar-refractivity contribution in [3.8, 4) is 0 Å². The molecule has 1 saturated carbocycles. The number of amides is 2. The molecule has 1 aliphatic carbocycles. The summed E-state index contributed by atoms with van der Waals surface area (Å²) in [5.74, 6) is 1.50. The minimum atomic E-state index is -0.544. The fraction of sp³-hybridized carbons (Fsp3) is 0.556. The molecule has 1 N–H and O–H groups in total. The van der Waals surface area contributed by atoms with Crippen molar-refractivity contribution in [2.24, 2.45) is 5.92 Å². The van der Waals surface area contributed by atoms with E-state index in [1.165, 1.54) is 11.8 Å². The quantitative estimate of drug-likeness (QED) is 0.847. The third-order valence-corrected chi connectivity index (χ3v) is 5.56. The van der Waals surface area contributed by atoms with Gasteiger partial charge in [0.25, 0.3) is 0 Å². The lowest BCUT2D eigenvalue weighted by atomic mass is 10.1. The van der Waals surface area contributed by atoms with Crippen LogP contribution < -0.4 is 0 Å². The minimum Gasteiger partial charge on any atom is -0.388 e. The molecule has 0 aromatic heterocycles. The van der Waals surface area contributed by atoms with Gasteiger partial charge in [0, 0.05) is 37.8 Å². The van der Waals surface area contributed by atoms with E-state index in [0.29, 0.717) is 37.7 Å². The van der Waals surface area contributed by atoms with E-state index in [2.05, 4.69) is 0 Å². The first-order valence-corrected chi connectivity index (χ1v) is 9.68. The van der Waals surface area contributed by atoms with Gasteiger partial charge >= 0.3 is 0 Å². The summed E-state index contributed by atoms with van der Waals surface area (Å²) in [4.78, 5) is 28.0. The third kappa shape index (κ3) is 4.51. The average molecular weight is 348 g/mol. The summed E-state index contributed by atoms with van der Waals surface area (Å²) in [6.07, 6.45) is 1.51. The lowest BCUT2D eigenvalue weighted by Crippen LogP contribution is -2.51. The number of aliphatic hydroxyl groups excluding tert-OH is 1. The minimum absolute atomic E-state index is 0.0961. The molecule has 1 unspecified atom stereocenters. The molecule has 5 nitrogen and oxygen atoms in total. The van der Waals surface area contributed by atoms with Gasteiger partial charge in [0.2, 0.25) is 11.8 Å². The van der Waals surface area contributed by atoms with Crippen molar-refractivity contribution in [3.05, 3.63) is 35.9 Å². The number of rotatable bonds is 6. The zero-order valence-corrected chi connectivity index (χ0v) is 14.6. The first kappa shape index (κ1) is 17.3. The number of aliphatic hydroxyl groups is 1. The SMILES string of the molecule is O=C(CSCC(O)c1ccccc1)N1CCN(C(=O)C2CC2)CC1. The highest BCUT2D eigenvalue weighted by Crippen LogP contribution is 2.31. The first-order valence-electron chi connectivity index (χ1n) is 8.52. The van der Waals surface area contributed by atoms with Crippen molar-refractivity contribution in [2.45, 2.75) is 18.9 Å². The second-order valence-corrected chi connectivity index (χ2v) is 7.45. The Kier molecular flexibility index (Phi) is 5.79. The second kappa shape index (κ2) is 8.03. The molecule has 24 heavy (non-hydrogen) atoms. The van der Waals surface area contributed by atoms with Crippen LogP contribution in [0.5, 0.6) is 0 Å². The number of benzene rings is 1. The van der Waals surface area contributed by atoms with Crippen molar-refractivity contribution < 1.29 is 14.7 Å². The Hall–Kier alpha value is -1.53. The lowest BCUT2D eigenvalue weighted by Gasteiger charge is -2.35. The van der Waals surface area contributed by atoms with Crippen LogP contribution in [0.4, 0.5) is 0 Å². The molecule has 2 amide bonds. The lowest BCUT2D eigenvalue weighted by molar-refractivity contribution is -0.139. The third-order valence-electron chi connectivity index (χ3n) is 4.56. The summed E-state index contributed by atoms with van der Waals surface area (Å²) in [5, 5.41) is 10.1. The zero-order valence-electron chi connectivity index (χ0n) is 13.8. The van der Waals surface area contributed by atoms with E-state index in [9.17, 15) is 14.7 Å². The number of hydrogen-bond acceptors (Lipinski definition) is 4. The largest absolute Gasteiger partial charge is 0.388 e. The van der Waals surface area contributed by atoms with Gasteiger partial charge in [0.05, 0.1) is 11.9 Å². The molecule has 1 saturated heterocycles. The maximum Gasteiger partial charge on any atom is 0.232 e. The van der Waals surface area contributed by atoms with Gasteiger partial charge in [-0.2, -0.15) is 0 Å². The molecule has 2 fully saturated rings. The Morgan fingerprint density at radius 3 is 2.33 bits per heavy atom. The fourth-order valence-electron chi connectivity index (χ4n) is 2.89. The molecular formula is C18H24N2O3S. The normalized spacial score (nSPS) is 19.2. The van der Waals surface area contributed by atoms with Gasteiger partial charge in [0.1, 0.15) is 0 Å². The molecule has 2 aliphatic rings. The van der Waals surface area contributed by atoms with E-state index < -0.39 is 6.10 Å². The predicted octanol–water partition coefficient (Wildman–Crippen LogP) is 1.53. The molecule has 1 heterocycles. The molecule has 130 valence electrons. The second-order valence-electron chi connectivity index (χ2n) is 6.42. The highest BCUT2D eigenvalue weighted by molar-refractivity contribution is 7.99. The summed E-state index contributed by atoms with van der Waals surface area (Å²) in [6.45, 7) is 2.55. The van der Waals surface area contributed by atoms with Crippen LogP contribution in [0.25, 0.3) is 0 Å².